The lowest BCUT2D eigenvalue weighted by molar-refractivity contribution is 0.0881. The van der Waals surface area contributed by atoms with Gasteiger partial charge in [0.1, 0.15) is 0 Å². The molecule has 0 rings (SSSR count). The van der Waals surface area contributed by atoms with Gasteiger partial charge in [-0.05, 0) is 19.9 Å². The second-order valence-corrected chi connectivity index (χ2v) is 2.96. The maximum Gasteiger partial charge on any atom is 0.1000 e. The number of nitrogens with two attached hydrogens (primary N) is 1. The van der Waals surface area contributed by atoms with Crippen molar-refractivity contribution in [2.75, 3.05) is 7.05 Å². The third-order valence-electron chi connectivity index (χ3n) is 1.28. The first-order valence-corrected chi connectivity index (χ1v) is 3.43. The first kappa shape index (κ1) is 10.2. The summed E-state index contributed by atoms with van der Waals surface area (Å²) in [6.07, 6.45) is 3.27. The summed E-state index contributed by atoms with van der Waals surface area (Å²) in [5, 5.41) is 10.9. The lowest BCUT2D eigenvalue weighted by atomic mass is 10.0. The van der Waals surface area contributed by atoms with Crippen molar-refractivity contribution < 1.29 is 5.11 Å². The third kappa shape index (κ3) is 3.20. The van der Waals surface area contributed by atoms with E-state index in [1.54, 1.807) is 33.0 Å². The van der Waals surface area contributed by atoms with E-state index in [1.807, 2.05) is 0 Å². The van der Waals surface area contributed by atoms with Gasteiger partial charge in [-0.3, -0.25) is 0 Å². The molecule has 0 unspecified atom stereocenters. The van der Waals surface area contributed by atoms with Gasteiger partial charge in [0.25, 0.3) is 0 Å². The first-order chi connectivity index (χ1) is 4.89. The van der Waals surface area contributed by atoms with E-state index >= 15 is 0 Å². The largest absolute Gasteiger partial charge is 0.384 e. The molecular weight excluding hydrogens is 140 g/mol. The first-order valence-electron chi connectivity index (χ1n) is 3.43. The number of likely N-dealkylation sites (N-methyl/N-ethyl adjacent to an activating group) is 1. The van der Waals surface area contributed by atoms with Crippen molar-refractivity contribution in [3.05, 3.63) is 24.4 Å². The number of hydrogen-bond acceptors (Lipinski definition) is 3. The highest BCUT2D eigenvalue weighted by Crippen LogP contribution is 2.15. The molecule has 64 valence electrons. The normalized spacial score (nSPS) is 13.0. The van der Waals surface area contributed by atoms with Crippen LogP contribution in [-0.2, 0) is 0 Å². The average Bonchev–Trinajstić information content (AvgIpc) is 1.79. The Labute approximate surface area is 67.8 Å². The number of rotatable bonds is 3. The number of aliphatic hydroxyl groups is 1. The smallest absolute Gasteiger partial charge is 0.1000 e. The molecule has 0 aromatic heterocycles. The van der Waals surface area contributed by atoms with Crippen molar-refractivity contribution >= 4 is 0 Å². The van der Waals surface area contributed by atoms with Gasteiger partial charge in [-0.2, -0.15) is 0 Å². The van der Waals surface area contributed by atoms with Crippen LogP contribution >= 0.6 is 0 Å². The van der Waals surface area contributed by atoms with E-state index < -0.39 is 5.60 Å². The van der Waals surface area contributed by atoms with E-state index in [9.17, 15) is 5.11 Å². The molecule has 11 heavy (non-hydrogen) atoms. The molecule has 0 radical (unpaired) electrons. The van der Waals surface area contributed by atoms with Crippen molar-refractivity contribution in [1.82, 2.24) is 5.01 Å². The fourth-order valence-corrected chi connectivity index (χ4v) is 0.865. The van der Waals surface area contributed by atoms with Gasteiger partial charge < -0.3 is 10.1 Å². The predicted octanol–water partition coefficient (Wildman–Crippen LogP) is 0.633. The summed E-state index contributed by atoms with van der Waals surface area (Å²) >= 11 is 0. The summed E-state index contributed by atoms with van der Waals surface area (Å²) in [5.74, 6) is 5.47. The number of allylic oxidation sites excluding steroid dienone is 2. The van der Waals surface area contributed by atoms with E-state index in [1.165, 1.54) is 5.01 Å². The molecule has 0 saturated heterocycles. The lowest BCUT2D eigenvalue weighted by Gasteiger charge is -2.27. The second kappa shape index (κ2) is 3.55. The molecule has 0 amide bonds. The summed E-state index contributed by atoms with van der Waals surface area (Å²) in [6.45, 7) is 6.87. The quantitative estimate of drug-likeness (QED) is 0.358. The van der Waals surface area contributed by atoms with Crippen LogP contribution in [-0.4, -0.2) is 22.8 Å². The topological polar surface area (TPSA) is 49.5 Å². The Bertz CT molecular complexity index is 165. The Balaban J connectivity index is 4.62. The van der Waals surface area contributed by atoms with Crippen molar-refractivity contribution in [1.29, 1.82) is 0 Å². The molecule has 0 aliphatic carbocycles. The molecule has 3 heteroatoms. The summed E-state index contributed by atoms with van der Waals surface area (Å²) in [7, 11) is 1.67. The van der Waals surface area contributed by atoms with Gasteiger partial charge in [-0.15, -0.1) is 0 Å². The summed E-state index contributed by atoms with van der Waals surface area (Å²) in [6, 6.07) is 0. The minimum Gasteiger partial charge on any atom is -0.384 e. The van der Waals surface area contributed by atoms with Gasteiger partial charge in [-0.25, -0.2) is 5.84 Å². The number of hydrazine groups is 1. The number of nitrogens with zero attached hydrogens (tertiary/aromatic N) is 1. The molecule has 0 aliphatic heterocycles. The molecule has 0 aromatic carbocycles. The van der Waals surface area contributed by atoms with Crippen LogP contribution in [0.3, 0.4) is 0 Å². The van der Waals surface area contributed by atoms with Crippen molar-refractivity contribution in [3.63, 3.8) is 0 Å². The molecule has 0 heterocycles. The highest BCUT2D eigenvalue weighted by molar-refractivity contribution is 5.16. The zero-order valence-electron chi connectivity index (χ0n) is 7.33. The van der Waals surface area contributed by atoms with E-state index in [-0.39, 0.29) is 0 Å². The molecule has 0 atom stereocenters. The maximum atomic E-state index is 9.54. The van der Waals surface area contributed by atoms with E-state index in [0.29, 0.717) is 5.70 Å². The van der Waals surface area contributed by atoms with Crippen LogP contribution in [0.25, 0.3) is 0 Å². The Morgan fingerprint density at radius 1 is 1.64 bits per heavy atom. The van der Waals surface area contributed by atoms with Gasteiger partial charge in [-0.1, -0.05) is 12.7 Å². The van der Waals surface area contributed by atoms with Crippen LogP contribution in [0, 0.1) is 0 Å². The lowest BCUT2D eigenvalue weighted by Crippen LogP contribution is -2.37. The predicted molar refractivity (Wildman–Crippen MR) is 46.5 cm³/mol. The van der Waals surface area contributed by atoms with E-state index in [0.717, 1.165) is 0 Å². The van der Waals surface area contributed by atoms with Crippen molar-refractivity contribution in [2.45, 2.75) is 19.4 Å². The summed E-state index contributed by atoms with van der Waals surface area (Å²) < 4.78 is 0. The van der Waals surface area contributed by atoms with Crippen molar-refractivity contribution in [2.24, 2.45) is 5.84 Å². The van der Waals surface area contributed by atoms with Gasteiger partial charge >= 0.3 is 0 Å². The van der Waals surface area contributed by atoms with Crippen LogP contribution in [0.15, 0.2) is 24.4 Å². The van der Waals surface area contributed by atoms with Crippen LogP contribution in [0.1, 0.15) is 13.8 Å². The fraction of sp³-hybridized carbons (Fsp3) is 0.500. The minimum atomic E-state index is -0.919. The van der Waals surface area contributed by atoms with Crippen LogP contribution < -0.4 is 5.84 Å². The molecular formula is C8H16N2O. The average molecular weight is 156 g/mol. The van der Waals surface area contributed by atoms with Gasteiger partial charge in [0.05, 0.1) is 11.3 Å². The SMILES string of the molecule is C=C/C=C(\N(C)N)C(C)(C)O. The minimum absolute atomic E-state index is 0.632. The molecule has 0 aromatic rings. The summed E-state index contributed by atoms with van der Waals surface area (Å²) in [5.41, 5.74) is -0.287. The molecule has 0 spiro atoms. The van der Waals surface area contributed by atoms with Gasteiger partial charge in [0, 0.05) is 7.05 Å². The van der Waals surface area contributed by atoms with Crippen LogP contribution in [0.2, 0.25) is 0 Å². The molecule has 0 aliphatic rings. The molecule has 0 bridgehead atoms. The zero-order chi connectivity index (χ0) is 9.07. The Morgan fingerprint density at radius 3 is 2.18 bits per heavy atom. The molecule has 3 N–H and O–H groups in total. The number of hydrogen-bond donors (Lipinski definition) is 2. The zero-order valence-corrected chi connectivity index (χ0v) is 7.33. The van der Waals surface area contributed by atoms with Crippen LogP contribution in [0.4, 0.5) is 0 Å². The Kier molecular flexibility index (Phi) is 3.29. The van der Waals surface area contributed by atoms with Gasteiger partial charge in [0.15, 0.2) is 0 Å². The third-order valence-corrected chi connectivity index (χ3v) is 1.28. The highest BCUT2D eigenvalue weighted by atomic mass is 16.3. The second-order valence-electron chi connectivity index (χ2n) is 2.96. The molecule has 3 nitrogen and oxygen atoms in total. The molecule has 0 saturated carbocycles. The maximum absolute atomic E-state index is 9.54. The van der Waals surface area contributed by atoms with Crippen LogP contribution in [0.5, 0.6) is 0 Å². The van der Waals surface area contributed by atoms with E-state index in [2.05, 4.69) is 6.58 Å². The fourth-order valence-electron chi connectivity index (χ4n) is 0.865. The highest BCUT2D eigenvalue weighted by Gasteiger charge is 2.20. The monoisotopic (exact) mass is 156 g/mol. The van der Waals surface area contributed by atoms with Crippen molar-refractivity contribution in [3.8, 4) is 0 Å². The van der Waals surface area contributed by atoms with Gasteiger partial charge in [0.2, 0.25) is 0 Å². The molecule has 0 fully saturated rings. The summed E-state index contributed by atoms with van der Waals surface area (Å²) in [4.78, 5) is 0. The Hall–Kier alpha value is -0.800. The Morgan fingerprint density at radius 2 is 2.09 bits per heavy atom. The standard InChI is InChI=1S/C8H16N2O/c1-5-6-7(10(4)9)8(2,3)11/h5-6,11H,1,9H2,2-4H3/b7-6-. The van der Waals surface area contributed by atoms with E-state index in [4.69, 9.17) is 5.84 Å².